The van der Waals surface area contributed by atoms with Gasteiger partial charge < -0.3 is 31.5 Å². The van der Waals surface area contributed by atoms with Gasteiger partial charge in [0.25, 0.3) is 11.8 Å². The largest absolute Gasteiger partial charge is 0.481 e. The van der Waals surface area contributed by atoms with E-state index in [9.17, 15) is 29.1 Å². The Morgan fingerprint density at radius 1 is 1.11 bits per heavy atom. The molecule has 3 rings (SSSR count). The number of benzene rings is 1. The SMILES string of the molecule is C=C(C)[C@@H](C[C@@H](OC(C)=O)c1nc(C(=O)N[C@@H](Cc2ccc(N)cc2)CC(C)(C)C(=O)O)cs1)N(OCCCCC)C(=O)[C@@H](NC(=O)C1CCCCN1)[C@@H](C)CC. The Bertz CT molecular complexity index is 1660. The topological polar surface area (TPSA) is 202 Å². The third kappa shape index (κ3) is 14.5. The van der Waals surface area contributed by atoms with Crippen LogP contribution in [-0.4, -0.2) is 82.1 Å². The first-order chi connectivity index (χ1) is 27.0. The van der Waals surface area contributed by atoms with Crippen molar-refractivity contribution in [2.24, 2.45) is 11.3 Å². The van der Waals surface area contributed by atoms with Crippen molar-refractivity contribution in [1.29, 1.82) is 0 Å². The number of hydroxylamine groups is 2. The minimum Gasteiger partial charge on any atom is -0.481 e. The predicted molar refractivity (Wildman–Crippen MR) is 221 cm³/mol. The quantitative estimate of drug-likeness (QED) is 0.0284. The summed E-state index contributed by atoms with van der Waals surface area (Å²) < 4.78 is 5.81. The van der Waals surface area contributed by atoms with Crippen LogP contribution < -0.4 is 21.7 Å². The number of nitrogens with two attached hydrogens (primary N) is 1. The van der Waals surface area contributed by atoms with Gasteiger partial charge in [-0.2, -0.15) is 0 Å². The van der Waals surface area contributed by atoms with Crippen molar-refractivity contribution in [3.8, 4) is 0 Å². The molecule has 0 radical (unpaired) electrons. The molecule has 1 aliphatic rings. The zero-order chi connectivity index (χ0) is 42.3. The summed E-state index contributed by atoms with van der Waals surface area (Å²) in [6.07, 6.45) is 5.23. The number of aliphatic carboxylic acids is 1. The van der Waals surface area contributed by atoms with Crippen LogP contribution in [0.4, 0.5) is 5.69 Å². The number of thiazole rings is 1. The molecule has 0 bridgehead atoms. The Morgan fingerprint density at radius 3 is 2.39 bits per heavy atom. The molecule has 6 N–H and O–H groups in total. The Hall–Kier alpha value is -4.34. The molecule has 1 aromatic heterocycles. The van der Waals surface area contributed by atoms with Crippen molar-refractivity contribution in [2.45, 2.75) is 143 Å². The number of carbonyl (C=O) groups is 5. The van der Waals surface area contributed by atoms with E-state index in [-0.39, 0.29) is 37.0 Å². The molecule has 3 amide bonds. The van der Waals surface area contributed by atoms with Gasteiger partial charge in [0.15, 0.2) is 6.10 Å². The number of unbranched alkanes of at least 4 members (excludes halogenated alkanes) is 2. The Labute approximate surface area is 341 Å². The number of nitrogen functional groups attached to an aromatic ring is 1. The van der Waals surface area contributed by atoms with Gasteiger partial charge in [0.05, 0.1) is 24.1 Å². The maximum Gasteiger partial charge on any atom is 0.309 e. The van der Waals surface area contributed by atoms with Gasteiger partial charge in [-0.3, -0.25) is 28.8 Å². The number of amides is 3. The fraction of sp³-hybridized carbons (Fsp3) is 0.619. The first-order valence-corrected chi connectivity index (χ1v) is 21.0. The highest BCUT2D eigenvalue weighted by Crippen LogP contribution is 2.32. The van der Waals surface area contributed by atoms with E-state index in [1.54, 1.807) is 38.3 Å². The summed E-state index contributed by atoms with van der Waals surface area (Å²) in [4.78, 5) is 77.2. The number of esters is 1. The Balaban J connectivity index is 1.93. The molecule has 0 aliphatic carbocycles. The van der Waals surface area contributed by atoms with Gasteiger partial charge in [-0.15, -0.1) is 11.3 Å². The summed E-state index contributed by atoms with van der Waals surface area (Å²) in [6.45, 7) is 17.3. The molecule has 1 aromatic carbocycles. The summed E-state index contributed by atoms with van der Waals surface area (Å²) >= 11 is 1.12. The fourth-order valence-electron chi connectivity index (χ4n) is 6.69. The second kappa shape index (κ2) is 22.6. The third-order valence-electron chi connectivity index (χ3n) is 10.4. The summed E-state index contributed by atoms with van der Waals surface area (Å²) in [5.41, 5.74) is 6.80. The standard InChI is InChI=1S/C42H64N6O8S/c1-9-11-14-21-55-48(40(52)36(27(5)10-2)47-37(50)32-15-12-13-20-44-32)34(26(3)4)23-35(56-28(6)49)39-46-33(25-57-39)38(51)45-31(24-42(7,8)41(53)54)22-29-16-18-30(43)19-17-29/h16-19,25,27,31-32,34-36,44H,3,9-15,20-24,43H2,1-2,4-8H3,(H,45,51)(H,47,50)(H,53,54)/t27-,31-,32?,34+,35+,36-/m0/s1. The van der Waals surface area contributed by atoms with Crippen molar-refractivity contribution >= 4 is 46.7 Å². The van der Waals surface area contributed by atoms with Crippen molar-refractivity contribution in [1.82, 2.24) is 26.0 Å². The average molecular weight is 813 g/mol. The zero-order valence-electron chi connectivity index (χ0n) is 34.7. The maximum atomic E-state index is 14.6. The highest BCUT2D eigenvalue weighted by Gasteiger charge is 2.39. The molecule has 2 aromatic rings. The molecule has 14 nitrogen and oxygen atoms in total. The van der Waals surface area contributed by atoms with Crippen LogP contribution in [0.25, 0.3) is 0 Å². The second-order valence-electron chi connectivity index (χ2n) is 15.9. The number of aromatic nitrogens is 1. The molecule has 1 saturated heterocycles. The maximum absolute atomic E-state index is 14.6. The summed E-state index contributed by atoms with van der Waals surface area (Å²) in [5, 5.41) is 22.3. The van der Waals surface area contributed by atoms with E-state index in [4.69, 9.17) is 15.3 Å². The molecular weight excluding hydrogens is 749 g/mol. The minimum absolute atomic E-state index is 0.0148. The van der Waals surface area contributed by atoms with E-state index in [0.717, 1.165) is 49.1 Å². The molecule has 1 fully saturated rings. The first kappa shape index (κ1) is 47.0. The summed E-state index contributed by atoms with van der Waals surface area (Å²) in [6, 6.07) is 4.51. The number of carbonyl (C=O) groups excluding carboxylic acids is 4. The number of nitrogens with one attached hydrogen (secondary N) is 3. The number of carboxylic acids is 1. The zero-order valence-corrected chi connectivity index (χ0v) is 35.5. The van der Waals surface area contributed by atoms with Crippen LogP contribution in [0, 0.1) is 11.3 Å². The molecule has 1 unspecified atom stereocenters. The van der Waals surface area contributed by atoms with E-state index < -0.39 is 59.4 Å². The first-order valence-electron chi connectivity index (χ1n) is 20.1. The van der Waals surface area contributed by atoms with E-state index in [0.29, 0.717) is 42.0 Å². The molecule has 1 aliphatic heterocycles. The van der Waals surface area contributed by atoms with Crippen molar-refractivity contribution in [2.75, 3.05) is 18.9 Å². The summed E-state index contributed by atoms with van der Waals surface area (Å²) in [5.74, 6) is -3.01. The lowest BCUT2D eigenvalue weighted by Gasteiger charge is -2.37. The normalized spacial score (nSPS) is 17.0. The third-order valence-corrected chi connectivity index (χ3v) is 11.3. The number of hydrogen-bond acceptors (Lipinski definition) is 11. The van der Waals surface area contributed by atoms with Crippen molar-refractivity contribution in [3.63, 3.8) is 0 Å². The lowest BCUT2D eigenvalue weighted by Crippen LogP contribution is -2.58. The molecule has 15 heteroatoms. The molecule has 0 saturated carbocycles. The van der Waals surface area contributed by atoms with Crippen molar-refractivity contribution in [3.05, 3.63) is 58.1 Å². The van der Waals surface area contributed by atoms with Crippen LogP contribution in [0.1, 0.15) is 133 Å². The van der Waals surface area contributed by atoms with E-state index in [1.807, 2.05) is 26.0 Å². The number of rotatable bonds is 23. The summed E-state index contributed by atoms with van der Waals surface area (Å²) in [7, 11) is 0. The van der Waals surface area contributed by atoms with Gasteiger partial charge in [-0.1, -0.05) is 70.7 Å². The Morgan fingerprint density at radius 2 is 1.81 bits per heavy atom. The molecule has 57 heavy (non-hydrogen) atoms. The highest BCUT2D eigenvalue weighted by atomic mass is 32.1. The van der Waals surface area contributed by atoms with Crippen LogP contribution in [0.2, 0.25) is 0 Å². The second-order valence-corrected chi connectivity index (χ2v) is 16.7. The van der Waals surface area contributed by atoms with Gasteiger partial charge in [-0.05, 0) is 83.0 Å². The van der Waals surface area contributed by atoms with Gasteiger partial charge in [0, 0.05) is 30.5 Å². The minimum atomic E-state index is -1.14. The van der Waals surface area contributed by atoms with Crippen molar-refractivity contribution < 1.29 is 38.7 Å². The predicted octanol–water partition coefficient (Wildman–Crippen LogP) is 6.13. The van der Waals surface area contributed by atoms with Crippen LogP contribution >= 0.6 is 11.3 Å². The average Bonchev–Trinajstić information content (AvgIpc) is 3.67. The van der Waals surface area contributed by atoms with E-state index in [1.165, 1.54) is 12.0 Å². The smallest absolute Gasteiger partial charge is 0.309 e. The number of ether oxygens (including phenoxy) is 1. The van der Waals surface area contributed by atoms with Gasteiger partial charge in [0.2, 0.25) is 5.91 Å². The van der Waals surface area contributed by atoms with Crippen LogP contribution in [0.5, 0.6) is 0 Å². The van der Waals surface area contributed by atoms with Gasteiger partial charge >= 0.3 is 11.9 Å². The van der Waals surface area contributed by atoms with Gasteiger partial charge in [0.1, 0.15) is 16.7 Å². The number of carboxylic acid groups (broad SMARTS) is 1. The van der Waals surface area contributed by atoms with E-state index in [2.05, 4.69) is 34.4 Å². The molecule has 316 valence electrons. The molecule has 2 heterocycles. The number of hydrogen-bond donors (Lipinski definition) is 5. The fourth-order valence-corrected chi connectivity index (χ4v) is 7.53. The molecular formula is C42H64N6O8S. The lowest BCUT2D eigenvalue weighted by molar-refractivity contribution is -0.204. The number of piperidine rings is 1. The monoisotopic (exact) mass is 812 g/mol. The van der Waals surface area contributed by atoms with Crippen LogP contribution in [0.3, 0.4) is 0 Å². The highest BCUT2D eigenvalue weighted by molar-refractivity contribution is 7.09. The van der Waals surface area contributed by atoms with E-state index >= 15 is 0 Å². The lowest BCUT2D eigenvalue weighted by atomic mass is 9.84. The molecule has 0 spiro atoms. The molecule has 6 atom stereocenters. The Kier molecular flexibility index (Phi) is 18.6. The van der Waals surface area contributed by atoms with Crippen LogP contribution in [-0.2, 0) is 35.2 Å². The number of anilines is 1. The van der Waals surface area contributed by atoms with Crippen LogP contribution in [0.15, 0.2) is 41.8 Å². The number of nitrogens with zero attached hydrogens (tertiary/aromatic N) is 2. The van der Waals surface area contributed by atoms with Gasteiger partial charge in [-0.25, -0.2) is 10.0 Å².